The van der Waals surface area contributed by atoms with Crippen LogP contribution in [0.5, 0.6) is 0 Å². The summed E-state index contributed by atoms with van der Waals surface area (Å²) in [4.78, 5) is 27.6. The summed E-state index contributed by atoms with van der Waals surface area (Å²) in [7, 11) is 0. The molecule has 1 aromatic heterocycles. The third-order valence-electron chi connectivity index (χ3n) is 4.60. The van der Waals surface area contributed by atoms with Crippen LogP contribution in [0.1, 0.15) is 20.3 Å². The minimum absolute atomic E-state index is 0.0588. The molecule has 1 amide bonds. The lowest BCUT2D eigenvalue weighted by atomic mass is 10.2. The molecular formula is C17H27N5O2. The lowest BCUT2D eigenvalue weighted by Crippen LogP contribution is -2.38. The van der Waals surface area contributed by atoms with E-state index in [1.54, 1.807) is 6.33 Å². The highest BCUT2D eigenvalue weighted by Gasteiger charge is 2.22. The van der Waals surface area contributed by atoms with Crippen LogP contribution in [0.4, 0.5) is 11.6 Å². The van der Waals surface area contributed by atoms with Gasteiger partial charge in [-0.1, -0.05) is 13.8 Å². The normalized spacial score (nSPS) is 19.5. The van der Waals surface area contributed by atoms with E-state index < -0.39 is 0 Å². The molecule has 2 aliphatic heterocycles. The molecule has 24 heavy (non-hydrogen) atoms. The fourth-order valence-electron chi connectivity index (χ4n) is 3.21. The minimum Gasteiger partial charge on any atom is -0.378 e. The second-order valence-electron chi connectivity index (χ2n) is 6.65. The lowest BCUT2D eigenvalue weighted by Gasteiger charge is -2.29. The van der Waals surface area contributed by atoms with Gasteiger partial charge in [0.25, 0.3) is 0 Å². The molecule has 1 aromatic rings. The number of anilines is 2. The summed E-state index contributed by atoms with van der Waals surface area (Å²) in [6.45, 7) is 10.5. The molecular weight excluding hydrogens is 306 g/mol. The number of aromatic nitrogens is 2. The van der Waals surface area contributed by atoms with Gasteiger partial charge < -0.3 is 19.4 Å². The summed E-state index contributed by atoms with van der Waals surface area (Å²) < 4.78 is 5.40. The van der Waals surface area contributed by atoms with E-state index in [9.17, 15) is 4.79 Å². The average molecular weight is 333 g/mol. The Balaban J connectivity index is 1.67. The van der Waals surface area contributed by atoms with Gasteiger partial charge in [0, 0.05) is 51.3 Å². The van der Waals surface area contributed by atoms with E-state index in [4.69, 9.17) is 4.74 Å². The smallest absolute Gasteiger partial charge is 0.225 e. The first-order valence-corrected chi connectivity index (χ1v) is 8.83. The molecule has 7 heteroatoms. The zero-order chi connectivity index (χ0) is 16.9. The Bertz CT molecular complexity index is 560. The van der Waals surface area contributed by atoms with Gasteiger partial charge in [-0.2, -0.15) is 0 Å². The van der Waals surface area contributed by atoms with Crippen LogP contribution in [-0.4, -0.2) is 73.3 Å². The van der Waals surface area contributed by atoms with Crippen LogP contribution in [0, 0.1) is 5.92 Å². The maximum atomic E-state index is 12.2. The van der Waals surface area contributed by atoms with E-state index in [1.165, 1.54) is 0 Å². The third-order valence-corrected chi connectivity index (χ3v) is 4.60. The SMILES string of the molecule is CC(C)C(=O)N1CCCN(c2cc(N3CCOCC3)ncn2)CC1. The van der Waals surface area contributed by atoms with Gasteiger partial charge in [-0.3, -0.25) is 4.79 Å². The molecule has 132 valence electrons. The first-order valence-electron chi connectivity index (χ1n) is 8.83. The van der Waals surface area contributed by atoms with Gasteiger partial charge in [0.1, 0.15) is 18.0 Å². The molecule has 0 aromatic carbocycles. The first-order chi connectivity index (χ1) is 11.6. The number of amides is 1. The van der Waals surface area contributed by atoms with E-state index >= 15 is 0 Å². The molecule has 7 nitrogen and oxygen atoms in total. The van der Waals surface area contributed by atoms with Crippen LogP contribution >= 0.6 is 0 Å². The van der Waals surface area contributed by atoms with Crippen LogP contribution in [0.2, 0.25) is 0 Å². The minimum atomic E-state index is 0.0588. The van der Waals surface area contributed by atoms with E-state index in [-0.39, 0.29) is 11.8 Å². The highest BCUT2D eigenvalue weighted by atomic mass is 16.5. The molecule has 2 aliphatic rings. The zero-order valence-corrected chi connectivity index (χ0v) is 14.6. The van der Waals surface area contributed by atoms with Crippen LogP contribution in [-0.2, 0) is 9.53 Å². The van der Waals surface area contributed by atoms with Crippen molar-refractivity contribution in [2.24, 2.45) is 5.92 Å². The monoisotopic (exact) mass is 333 g/mol. The van der Waals surface area contributed by atoms with Crippen molar-refractivity contribution in [2.45, 2.75) is 20.3 Å². The number of hydrogen-bond donors (Lipinski definition) is 0. The van der Waals surface area contributed by atoms with Crippen molar-refractivity contribution < 1.29 is 9.53 Å². The van der Waals surface area contributed by atoms with E-state index in [0.29, 0.717) is 0 Å². The molecule has 0 aliphatic carbocycles. The highest BCUT2D eigenvalue weighted by Crippen LogP contribution is 2.20. The van der Waals surface area contributed by atoms with Gasteiger partial charge in [0.15, 0.2) is 0 Å². The van der Waals surface area contributed by atoms with Gasteiger partial charge in [0.05, 0.1) is 13.2 Å². The van der Waals surface area contributed by atoms with Gasteiger partial charge in [-0.15, -0.1) is 0 Å². The van der Waals surface area contributed by atoms with E-state index in [0.717, 1.165) is 70.5 Å². The van der Waals surface area contributed by atoms with Crippen LogP contribution in [0.3, 0.4) is 0 Å². The topological polar surface area (TPSA) is 61.8 Å². The number of ether oxygens (including phenoxy) is 1. The van der Waals surface area contributed by atoms with Gasteiger partial charge in [-0.05, 0) is 6.42 Å². The number of hydrogen-bond acceptors (Lipinski definition) is 6. The molecule has 3 heterocycles. The Kier molecular flexibility index (Phi) is 5.50. The summed E-state index contributed by atoms with van der Waals surface area (Å²) >= 11 is 0. The summed E-state index contributed by atoms with van der Waals surface area (Å²) in [5, 5.41) is 0. The van der Waals surface area contributed by atoms with Crippen LogP contribution in [0.15, 0.2) is 12.4 Å². The number of nitrogens with zero attached hydrogens (tertiary/aromatic N) is 5. The quantitative estimate of drug-likeness (QED) is 0.823. The molecule has 0 spiro atoms. The van der Waals surface area contributed by atoms with Crippen molar-refractivity contribution in [3.8, 4) is 0 Å². The van der Waals surface area contributed by atoms with Crippen molar-refractivity contribution in [3.63, 3.8) is 0 Å². The zero-order valence-electron chi connectivity index (χ0n) is 14.6. The molecule has 0 N–H and O–H groups in total. The standard InChI is InChI=1S/C17H27N5O2/c1-14(2)17(23)22-5-3-4-20(6-7-22)15-12-16(19-13-18-15)21-8-10-24-11-9-21/h12-14H,3-11H2,1-2H3. The second-order valence-corrected chi connectivity index (χ2v) is 6.65. The van der Waals surface area contributed by atoms with Gasteiger partial charge in [0.2, 0.25) is 5.91 Å². The number of carbonyl (C=O) groups is 1. The predicted molar refractivity (Wildman–Crippen MR) is 93.3 cm³/mol. The van der Waals surface area contributed by atoms with E-state index in [2.05, 4.69) is 25.8 Å². The molecule has 0 unspecified atom stereocenters. The summed E-state index contributed by atoms with van der Waals surface area (Å²) in [6, 6.07) is 2.06. The Labute approximate surface area is 143 Å². The highest BCUT2D eigenvalue weighted by molar-refractivity contribution is 5.78. The molecule has 2 fully saturated rings. The van der Waals surface area contributed by atoms with Crippen molar-refractivity contribution >= 4 is 17.5 Å². The molecule has 2 saturated heterocycles. The van der Waals surface area contributed by atoms with Crippen molar-refractivity contribution in [1.29, 1.82) is 0 Å². The number of carbonyl (C=O) groups excluding carboxylic acids is 1. The average Bonchev–Trinajstić information content (AvgIpc) is 2.88. The Morgan fingerprint density at radius 1 is 1.00 bits per heavy atom. The summed E-state index contributed by atoms with van der Waals surface area (Å²) in [5.74, 6) is 2.21. The lowest BCUT2D eigenvalue weighted by molar-refractivity contribution is -0.134. The molecule has 0 bridgehead atoms. The molecule has 0 radical (unpaired) electrons. The second kappa shape index (κ2) is 7.79. The molecule has 0 saturated carbocycles. The maximum Gasteiger partial charge on any atom is 0.225 e. The predicted octanol–water partition coefficient (Wildman–Crippen LogP) is 1.01. The first kappa shape index (κ1) is 17.0. The Hall–Kier alpha value is -1.89. The molecule has 0 atom stereocenters. The fourth-order valence-corrected chi connectivity index (χ4v) is 3.21. The van der Waals surface area contributed by atoms with Crippen molar-refractivity contribution in [2.75, 3.05) is 62.3 Å². The third kappa shape index (κ3) is 3.95. The Morgan fingerprint density at radius 2 is 1.67 bits per heavy atom. The van der Waals surface area contributed by atoms with Crippen molar-refractivity contribution in [3.05, 3.63) is 12.4 Å². The summed E-state index contributed by atoms with van der Waals surface area (Å²) in [6.07, 6.45) is 2.61. The summed E-state index contributed by atoms with van der Waals surface area (Å²) in [5.41, 5.74) is 0. The largest absolute Gasteiger partial charge is 0.378 e. The number of rotatable bonds is 3. The van der Waals surface area contributed by atoms with Crippen molar-refractivity contribution in [1.82, 2.24) is 14.9 Å². The molecule has 3 rings (SSSR count). The Morgan fingerprint density at radius 3 is 2.33 bits per heavy atom. The number of morpholine rings is 1. The van der Waals surface area contributed by atoms with Crippen LogP contribution < -0.4 is 9.80 Å². The van der Waals surface area contributed by atoms with E-state index in [1.807, 2.05) is 18.7 Å². The maximum absolute atomic E-state index is 12.2. The van der Waals surface area contributed by atoms with Crippen LogP contribution in [0.25, 0.3) is 0 Å². The fraction of sp³-hybridized carbons (Fsp3) is 0.706. The van der Waals surface area contributed by atoms with Gasteiger partial charge >= 0.3 is 0 Å². The van der Waals surface area contributed by atoms with Gasteiger partial charge in [-0.25, -0.2) is 9.97 Å².